The molecule has 0 amide bonds. The molecule has 3 heteroatoms. The summed E-state index contributed by atoms with van der Waals surface area (Å²) in [5.41, 5.74) is 1.34. The smallest absolute Gasteiger partial charge is 0.119 e. The second-order valence-electron chi connectivity index (χ2n) is 6.19. The van der Waals surface area contributed by atoms with Crippen molar-refractivity contribution in [3.63, 3.8) is 0 Å². The Hall–Kier alpha value is -1.22. The Bertz CT molecular complexity index is 403. The molecule has 2 aliphatic rings. The van der Waals surface area contributed by atoms with Crippen LogP contribution in [-0.2, 0) is 0 Å². The molecule has 3 nitrogen and oxygen atoms in total. The molecule has 104 valence electrons. The van der Waals surface area contributed by atoms with Crippen LogP contribution in [0.5, 0.6) is 5.75 Å². The largest absolute Gasteiger partial charge is 0.491 e. The van der Waals surface area contributed by atoms with Crippen molar-refractivity contribution in [2.45, 2.75) is 26.4 Å². The first-order chi connectivity index (χ1) is 9.20. The van der Waals surface area contributed by atoms with Gasteiger partial charge in [0.15, 0.2) is 0 Å². The van der Waals surface area contributed by atoms with Gasteiger partial charge in [0.25, 0.3) is 0 Å². The molecule has 0 spiro atoms. The van der Waals surface area contributed by atoms with Crippen molar-refractivity contribution < 1.29 is 4.74 Å². The topological polar surface area (TPSA) is 24.5 Å². The van der Waals surface area contributed by atoms with Crippen LogP contribution in [0.25, 0.3) is 0 Å². The van der Waals surface area contributed by atoms with Crippen molar-refractivity contribution in [2.24, 2.45) is 11.8 Å². The molecule has 0 aromatic heterocycles. The molecule has 1 aromatic rings. The summed E-state index contributed by atoms with van der Waals surface area (Å²) in [6.45, 7) is 8.87. The number of piperidine rings is 2. The van der Waals surface area contributed by atoms with Gasteiger partial charge >= 0.3 is 0 Å². The van der Waals surface area contributed by atoms with E-state index in [0.29, 0.717) is 0 Å². The Morgan fingerprint density at radius 1 is 1.11 bits per heavy atom. The highest BCUT2D eigenvalue weighted by molar-refractivity contribution is 5.49. The predicted octanol–water partition coefficient (Wildman–Crippen LogP) is 2.52. The molecule has 3 rings (SSSR count). The van der Waals surface area contributed by atoms with Gasteiger partial charge in [0, 0.05) is 18.8 Å². The number of benzene rings is 1. The van der Waals surface area contributed by atoms with Crippen LogP contribution in [-0.4, -0.2) is 32.3 Å². The molecule has 2 aliphatic heterocycles. The van der Waals surface area contributed by atoms with Gasteiger partial charge in [-0.3, -0.25) is 0 Å². The van der Waals surface area contributed by atoms with Crippen molar-refractivity contribution in [1.82, 2.24) is 5.32 Å². The lowest BCUT2D eigenvalue weighted by Crippen LogP contribution is -2.51. The van der Waals surface area contributed by atoms with Crippen LogP contribution in [0.2, 0.25) is 0 Å². The highest BCUT2D eigenvalue weighted by atomic mass is 16.5. The maximum Gasteiger partial charge on any atom is 0.119 e. The summed E-state index contributed by atoms with van der Waals surface area (Å²) in [5, 5.41) is 3.54. The summed E-state index contributed by atoms with van der Waals surface area (Å²) in [6, 6.07) is 8.59. The standard InChI is InChI=1S/C16H24N2O/c1-12(2)19-16-5-3-15(4-6-16)18-10-13-7-14(11-18)9-17-8-13/h3-6,12-14,17H,7-11H2,1-2H3. The highest BCUT2D eigenvalue weighted by Crippen LogP contribution is 2.29. The molecule has 2 saturated heterocycles. The van der Waals surface area contributed by atoms with Gasteiger partial charge in [0.2, 0.25) is 0 Å². The summed E-state index contributed by atoms with van der Waals surface area (Å²) in [4.78, 5) is 2.54. The van der Waals surface area contributed by atoms with Gasteiger partial charge in [-0.2, -0.15) is 0 Å². The van der Waals surface area contributed by atoms with E-state index < -0.39 is 0 Å². The number of hydrogen-bond acceptors (Lipinski definition) is 3. The summed E-state index contributed by atoms with van der Waals surface area (Å²) in [7, 11) is 0. The van der Waals surface area contributed by atoms with Gasteiger partial charge in [-0.1, -0.05) is 0 Å². The minimum Gasteiger partial charge on any atom is -0.491 e. The molecule has 0 saturated carbocycles. The van der Waals surface area contributed by atoms with E-state index in [4.69, 9.17) is 4.74 Å². The first-order valence-corrected chi connectivity index (χ1v) is 7.43. The average molecular weight is 260 g/mol. The molecule has 2 bridgehead atoms. The highest BCUT2D eigenvalue weighted by Gasteiger charge is 2.30. The number of nitrogens with one attached hydrogen (secondary N) is 1. The van der Waals surface area contributed by atoms with Gasteiger partial charge in [-0.15, -0.1) is 0 Å². The Morgan fingerprint density at radius 2 is 1.74 bits per heavy atom. The molecule has 2 atom stereocenters. The third kappa shape index (κ3) is 3.03. The van der Waals surface area contributed by atoms with Gasteiger partial charge in [-0.05, 0) is 69.5 Å². The maximum absolute atomic E-state index is 5.70. The van der Waals surface area contributed by atoms with E-state index >= 15 is 0 Å². The van der Waals surface area contributed by atoms with Crippen molar-refractivity contribution in [3.05, 3.63) is 24.3 Å². The van der Waals surface area contributed by atoms with E-state index in [9.17, 15) is 0 Å². The first kappa shape index (κ1) is 12.8. The van der Waals surface area contributed by atoms with Crippen LogP contribution in [0.3, 0.4) is 0 Å². The van der Waals surface area contributed by atoms with Crippen LogP contribution in [0.15, 0.2) is 24.3 Å². The van der Waals surface area contributed by atoms with Crippen LogP contribution in [0, 0.1) is 11.8 Å². The summed E-state index contributed by atoms with van der Waals surface area (Å²) in [5.74, 6) is 2.61. The Kier molecular flexibility index (Phi) is 3.65. The van der Waals surface area contributed by atoms with E-state index in [2.05, 4.69) is 48.3 Å². The van der Waals surface area contributed by atoms with Crippen LogP contribution < -0.4 is 15.0 Å². The van der Waals surface area contributed by atoms with Crippen LogP contribution in [0.1, 0.15) is 20.3 Å². The predicted molar refractivity (Wildman–Crippen MR) is 78.9 cm³/mol. The molecular weight excluding hydrogens is 236 g/mol. The second kappa shape index (κ2) is 5.41. The fourth-order valence-corrected chi connectivity index (χ4v) is 3.32. The van der Waals surface area contributed by atoms with Crippen LogP contribution in [0.4, 0.5) is 5.69 Å². The normalized spacial score (nSPS) is 26.6. The number of rotatable bonds is 3. The minimum absolute atomic E-state index is 0.242. The van der Waals surface area contributed by atoms with E-state index in [1.807, 2.05) is 0 Å². The van der Waals surface area contributed by atoms with Crippen molar-refractivity contribution >= 4 is 5.69 Å². The molecule has 2 unspecified atom stereocenters. The second-order valence-corrected chi connectivity index (χ2v) is 6.19. The van der Waals surface area contributed by atoms with E-state index in [1.54, 1.807) is 0 Å². The van der Waals surface area contributed by atoms with Crippen molar-refractivity contribution in [2.75, 3.05) is 31.1 Å². The molecule has 0 aliphatic carbocycles. The third-order valence-corrected chi connectivity index (χ3v) is 4.06. The Morgan fingerprint density at radius 3 is 2.32 bits per heavy atom. The number of nitrogens with zero attached hydrogens (tertiary/aromatic N) is 1. The van der Waals surface area contributed by atoms with Crippen molar-refractivity contribution in [3.8, 4) is 5.75 Å². The van der Waals surface area contributed by atoms with E-state index in [0.717, 1.165) is 17.6 Å². The molecule has 19 heavy (non-hydrogen) atoms. The quantitative estimate of drug-likeness (QED) is 0.904. The fraction of sp³-hybridized carbons (Fsp3) is 0.625. The minimum atomic E-state index is 0.242. The van der Waals surface area contributed by atoms with Gasteiger partial charge in [0.05, 0.1) is 6.10 Å². The third-order valence-electron chi connectivity index (χ3n) is 4.06. The lowest BCUT2D eigenvalue weighted by Gasteiger charge is -2.42. The molecular formula is C16H24N2O. The molecule has 2 heterocycles. The molecule has 0 radical (unpaired) electrons. The van der Waals surface area contributed by atoms with Crippen molar-refractivity contribution in [1.29, 1.82) is 0 Å². The summed E-state index contributed by atoms with van der Waals surface area (Å²) < 4.78 is 5.70. The average Bonchev–Trinajstić information content (AvgIpc) is 2.38. The fourth-order valence-electron chi connectivity index (χ4n) is 3.32. The molecule has 1 N–H and O–H groups in total. The molecule has 2 fully saturated rings. The van der Waals surface area contributed by atoms with Gasteiger partial charge in [0.1, 0.15) is 5.75 Å². The number of hydrogen-bond donors (Lipinski definition) is 1. The summed E-state index contributed by atoms with van der Waals surface area (Å²) in [6.07, 6.45) is 1.64. The zero-order valence-electron chi connectivity index (χ0n) is 11.9. The lowest BCUT2D eigenvalue weighted by molar-refractivity contribution is 0.242. The zero-order chi connectivity index (χ0) is 13.2. The Labute approximate surface area is 115 Å². The van der Waals surface area contributed by atoms with Crippen LogP contribution >= 0.6 is 0 Å². The monoisotopic (exact) mass is 260 g/mol. The number of fused-ring (bicyclic) bond motifs is 2. The van der Waals surface area contributed by atoms with Gasteiger partial charge in [-0.25, -0.2) is 0 Å². The first-order valence-electron chi connectivity index (χ1n) is 7.43. The Balaban J connectivity index is 1.68. The molecule has 1 aromatic carbocycles. The SMILES string of the molecule is CC(C)Oc1ccc(N2CC3CNCC(C3)C2)cc1. The van der Waals surface area contributed by atoms with Gasteiger partial charge < -0.3 is 15.0 Å². The number of ether oxygens (including phenoxy) is 1. The lowest BCUT2D eigenvalue weighted by atomic mass is 9.85. The summed E-state index contributed by atoms with van der Waals surface area (Å²) >= 11 is 0. The maximum atomic E-state index is 5.70. The zero-order valence-corrected chi connectivity index (χ0v) is 11.9. The van der Waals surface area contributed by atoms with E-state index in [-0.39, 0.29) is 6.10 Å². The van der Waals surface area contributed by atoms with E-state index in [1.165, 1.54) is 38.3 Å². The number of anilines is 1.